The van der Waals surface area contributed by atoms with Gasteiger partial charge in [-0.15, -0.1) is 0 Å². The van der Waals surface area contributed by atoms with Crippen molar-refractivity contribution in [1.29, 1.82) is 0 Å². The number of carbonyl (C=O) groups is 2. The molecule has 5 heteroatoms. The van der Waals surface area contributed by atoms with Gasteiger partial charge in [0.05, 0.1) is 0 Å². The first-order chi connectivity index (χ1) is 11.7. The number of hydrogen-bond acceptors (Lipinski definition) is 3. The molecule has 0 spiro atoms. The third kappa shape index (κ3) is 6.59. The number of hydrogen-bond donors (Lipinski definition) is 1. The summed E-state index contributed by atoms with van der Waals surface area (Å²) in [5, 5.41) is 3.34. The van der Waals surface area contributed by atoms with Gasteiger partial charge in [0.1, 0.15) is 5.60 Å². The number of amides is 1. The van der Waals surface area contributed by atoms with Crippen molar-refractivity contribution in [1.82, 2.24) is 5.32 Å². The summed E-state index contributed by atoms with van der Waals surface area (Å²) in [7, 11) is 0. The van der Waals surface area contributed by atoms with E-state index < -0.39 is 11.7 Å². The molecular weight excluding hydrogens is 338 g/mol. The molecule has 0 heterocycles. The number of ketones is 1. The number of alkyl carbamates (subject to hydrolysis) is 1. The molecule has 1 N–H and O–H groups in total. The fourth-order valence-corrected chi connectivity index (χ4v) is 2.36. The van der Waals surface area contributed by atoms with Crippen LogP contribution >= 0.6 is 11.6 Å². The molecule has 0 bridgehead atoms. The first-order valence-electron chi connectivity index (χ1n) is 8.06. The predicted molar refractivity (Wildman–Crippen MR) is 99.0 cm³/mol. The van der Waals surface area contributed by atoms with E-state index in [9.17, 15) is 9.59 Å². The molecule has 4 nitrogen and oxygen atoms in total. The molecule has 0 fully saturated rings. The van der Waals surface area contributed by atoms with E-state index in [1.54, 1.807) is 30.3 Å². The zero-order chi connectivity index (χ0) is 18.4. The fourth-order valence-electron chi connectivity index (χ4n) is 2.23. The van der Waals surface area contributed by atoms with Crippen molar-refractivity contribution in [3.63, 3.8) is 0 Å². The molecule has 0 saturated carbocycles. The molecule has 25 heavy (non-hydrogen) atoms. The Hall–Kier alpha value is -2.33. The number of ether oxygens (including phenoxy) is 1. The van der Waals surface area contributed by atoms with E-state index in [1.165, 1.54) is 0 Å². The van der Waals surface area contributed by atoms with Gasteiger partial charge in [-0.25, -0.2) is 4.79 Å². The minimum atomic E-state index is -0.541. The van der Waals surface area contributed by atoms with Gasteiger partial charge in [-0.3, -0.25) is 4.79 Å². The molecule has 2 aromatic rings. The Labute approximate surface area is 153 Å². The van der Waals surface area contributed by atoms with Gasteiger partial charge in [0, 0.05) is 23.6 Å². The van der Waals surface area contributed by atoms with Crippen LogP contribution in [-0.2, 0) is 17.7 Å². The maximum Gasteiger partial charge on any atom is 0.407 e. The monoisotopic (exact) mass is 359 g/mol. The molecule has 0 saturated heterocycles. The zero-order valence-electron chi connectivity index (χ0n) is 14.6. The van der Waals surface area contributed by atoms with E-state index in [4.69, 9.17) is 16.3 Å². The molecule has 2 rings (SSSR count). The van der Waals surface area contributed by atoms with Gasteiger partial charge in [-0.1, -0.05) is 41.9 Å². The van der Waals surface area contributed by atoms with Crippen LogP contribution < -0.4 is 5.32 Å². The summed E-state index contributed by atoms with van der Waals surface area (Å²) in [5.74, 6) is 0.0152. The lowest BCUT2D eigenvalue weighted by Gasteiger charge is -2.19. The molecule has 0 aromatic heterocycles. The Bertz CT molecular complexity index is 748. The number of halogens is 1. The quantitative estimate of drug-likeness (QED) is 0.781. The van der Waals surface area contributed by atoms with Crippen LogP contribution in [0.2, 0.25) is 5.02 Å². The van der Waals surface area contributed by atoms with Crippen molar-refractivity contribution in [2.75, 3.05) is 0 Å². The number of nitrogens with one attached hydrogen (secondary N) is 1. The Morgan fingerprint density at radius 1 is 1.04 bits per heavy atom. The van der Waals surface area contributed by atoms with Crippen molar-refractivity contribution < 1.29 is 14.3 Å². The van der Waals surface area contributed by atoms with Crippen LogP contribution in [0.5, 0.6) is 0 Å². The average molecular weight is 360 g/mol. The van der Waals surface area contributed by atoms with Crippen molar-refractivity contribution in [2.45, 2.75) is 39.3 Å². The van der Waals surface area contributed by atoms with Crippen LogP contribution in [0.1, 0.15) is 42.3 Å². The summed E-state index contributed by atoms with van der Waals surface area (Å²) in [5.41, 5.74) is 1.82. The Balaban J connectivity index is 1.97. The number of carbonyl (C=O) groups excluding carboxylic acids is 2. The SMILES string of the molecule is CC(C)(C)OC(=O)NCc1cccc(C(=O)Cc2ccc(Cl)cc2)c1. The van der Waals surface area contributed by atoms with Gasteiger partial charge in [0.2, 0.25) is 0 Å². The van der Waals surface area contributed by atoms with Crippen molar-refractivity contribution in [2.24, 2.45) is 0 Å². The molecule has 0 aliphatic rings. The smallest absolute Gasteiger partial charge is 0.407 e. The Morgan fingerprint density at radius 3 is 2.36 bits per heavy atom. The van der Waals surface area contributed by atoms with Gasteiger partial charge >= 0.3 is 6.09 Å². The lowest BCUT2D eigenvalue weighted by atomic mass is 10.0. The van der Waals surface area contributed by atoms with Crippen LogP contribution in [-0.4, -0.2) is 17.5 Å². The highest BCUT2D eigenvalue weighted by atomic mass is 35.5. The molecular formula is C20H22ClNO3. The van der Waals surface area contributed by atoms with Gasteiger partial charge in [0.15, 0.2) is 5.78 Å². The second-order valence-corrected chi connectivity index (χ2v) is 7.22. The number of benzene rings is 2. The molecule has 0 aliphatic carbocycles. The summed E-state index contributed by atoms with van der Waals surface area (Å²) < 4.78 is 5.20. The summed E-state index contributed by atoms with van der Waals surface area (Å²) >= 11 is 5.86. The van der Waals surface area contributed by atoms with Crippen LogP contribution in [0, 0.1) is 0 Å². The molecule has 0 unspecified atom stereocenters. The van der Waals surface area contributed by atoms with E-state index in [1.807, 2.05) is 39.0 Å². The van der Waals surface area contributed by atoms with Gasteiger partial charge in [-0.05, 0) is 50.1 Å². The summed E-state index contributed by atoms with van der Waals surface area (Å²) in [6, 6.07) is 14.4. The third-order valence-electron chi connectivity index (χ3n) is 3.36. The summed E-state index contributed by atoms with van der Waals surface area (Å²) in [4.78, 5) is 24.1. The summed E-state index contributed by atoms with van der Waals surface area (Å²) in [6.07, 6.45) is -0.175. The minimum Gasteiger partial charge on any atom is -0.444 e. The second-order valence-electron chi connectivity index (χ2n) is 6.78. The van der Waals surface area contributed by atoms with Crippen LogP contribution in [0.4, 0.5) is 4.79 Å². The molecule has 0 aliphatic heterocycles. The molecule has 0 radical (unpaired) electrons. The maximum absolute atomic E-state index is 12.4. The van der Waals surface area contributed by atoms with E-state index in [2.05, 4.69) is 5.32 Å². The molecule has 2 aromatic carbocycles. The minimum absolute atomic E-state index is 0.0152. The van der Waals surface area contributed by atoms with Gasteiger partial charge in [-0.2, -0.15) is 0 Å². The van der Waals surface area contributed by atoms with Gasteiger partial charge in [0.25, 0.3) is 0 Å². The Morgan fingerprint density at radius 2 is 1.72 bits per heavy atom. The zero-order valence-corrected chi connectivity index (χ0v) is 15.4. The van der Waals surface area contributed by atoms with Crippen LogP contribution in [0.15, 0.2) is 48.5 Å². The molecule has 132 valence electrons. The van der Waals surface area contributed by atoms with E-state index in [0.717, 1.165) is 11.1 Å². The molecule has 0 atom stereocenters. The number of rotatable bonds is 5. The number of Topliss-reactive ketones (excluding diaryl/α,β-unsaturated/α-hetero) is 1. The standard InChI is InChI=1S/C20H22ClNO3/c1-20(2,3)25-19(24)22-13-15-5-4-6-16(11-15)18(23)12-14-7-9-17(21)10-8-14/h4-11H,12-13H2,1-3H3,(H,22,24). The van der Waals surface area contributed by atoms with Crippen molar-refractivity contribution >= 4 is 23.5 Å². The van der Waals surface area contributed by atoms with E-state index in [-0.39, 0.29) is 5.78 Å². The highest BCUT2D eigenvalue weighted by Gasteiger charge is 2.16. The van der Waals surface area contributed by atoms with Crippen molar-refractivity contribution in [3.05, 3.63) is 70.2 Å². The lowest BCUT2D eigenvalue weighted by Crippen LogP contribution is -2.32. The first kappa shape index (κ1) is 19.0. The predicted octanol–water partition coefficient (Wildman–Crippen LogP) is 4.79. The summed E-state index contributed by atoms with van der Waals surface area (Å²) in [6.45, 7) is 5.73. The maximum atomic E-state index is 12.4. The highest BCUT2D eigenvalue weighted by molar-refractivity contribution is 6.30. The normalized spacial score (nSPS) is 11.0. The Kier molecular flexibility index (Phi) is 6.21. The first-order valence-corrected chi connectivity index (χ1v) is 8.44. The van der Waals surface area contributed by atoms with E-state index >= 15 is 0 Å². The molecule has 1 amide bonds. The topological polar surface area (TPSA) is 55.4 Å². The largest absolute Gasteiger partial charge is 0.444 e. The van der Waals surface area contributed by atoms with E-state index in [0.29, 0.717) is 23.6 Å². The highest BCUT2D eigenvalue weighted by Crippen LogP contribution is 2.14. The average Bonchev–Trinajstić information content (AvgIpc) is 2.54. The second kappa shape index (κ2) is 8.17. The third-order valence-corrected chi connectivity index (χ3v) is 3.61. The van der Waals surface area contributed by atoms with Gasteiger partial charge < -0.3 is 10.1 Å². The lowest BCUT2D eigenvalue weighted by molar-refractivity contribution is 0.0523. The van der Waals surface area contributed by atoms with Crippen LogP contribution in [0.3, 0.4) is 0 Å². The van der Waals surface area contributed by atoms with Crippen LogP contribution in [0.25, 0.3) is 0 Å². The van der Waals surface area contributed by atoms with Crippen molar-refractivity contribution in [3.8, 4) is 0 Å². The fraction of sp³-hybridized carbons (Fsp3) is 0.300.